The first-order valence-corrected chi connectivity index (χ1v) is 6.83. The summed E-state index contributed by atoms with van der Waals surface area (Å²) in [6.07, 6.45) is 0.802. The van der Waals surface area contributed by atoms with E-state index in [-0.39, 0.29) is 6.79 Å². The third-order valence-electron chi connectivity index (χ3n) is 4.11. The molecule has 0 amide bonds. The number of hydrogen-bond donors (Lipinski definition) is 1. The zero-order valence-corrected chi connectivity index (χ0v) is 11.1. The Labute approximate surface area is 120 Å². The first-order valence-electron chi connectivity index (χ1n) is 6.83. The summed E-state index contributed by atoms with van der Waals surface area (Å²) in [6, 6.07) is 11.5. The van der Waals surface area contributed by atoms with Crippen LogP contribution in [0.2, 0.25) is 0 Å². The summed E-state index contributed by atoms with van der Waals surface area (Å²) in [5.74, 6) is 1.82. The molecule has 0 fully saturated rings. The maximum absolute atomic E-state index is 9.62. The van der Waals surface area contributed by atoms with Gasteiger partial charge in [0.2, 0.25) is 6.79 Å². The molecular formula is C17H11NO3. The second-order valence-electron chi connectivity index (χ2n) is 5.41. The molecule has 2 aromatic carbocycles. The highest BCUT2D eigenvalue weighted by atomic mass is 16.7. The molecule has 21 heavy (non-hydrogen) atoms. The third-order valence-corrected chi connectivity index (χ3v) is 4.11. The van der Waals surface area contributed by atoms with Crippen LogP contribution in [0.25, 0.3) is 22.2 Å². The van der Waals surface area contributed by atoms with Crippen LogP contribution in [0, 0.1) is 0 Å². The van der Waals surface area contributed by atoms with Gasteiger partial charge in [-0.05, 0) is 41.5 Å². The fraction of sp³-hybridized carbons (Fsp3) is 0.118. The van der Waals surface area contributed by atoms with E-state index in [9.17, 15) is 5.11 Å². The third kappa shape index (κ3) is 1.47. The lowest BCUT2D eigenvalue weighted by Gasteiger charge is -2.05. The Balaban J connectivity index is 1.77. The number of phenols is 1. The molecule has 5 rings (SSSR count). The normalized spacial score (nSPS) is 14.3. The van der Waals surface area contributed by atoms with E-state index in [2.05, 4.69) is 6.07 Å². The molecule has 0 atom stereocenters. The lowest BCUT2D eigenvalue weighted by molar-refractivity contribution is 0.174. The number of aromatic nitrogens is 1. The first kappa shape index (κ1) is 11.0. The molecule has 102 valence electrons. The van der Waals surface area contributed by atoms with Gasteiger partial charge in [0, 0.05) is 23.4 Å². The second kappa shape index (κ2) is 3.67. The minimum Gasteiger partial charge on any atom is -0.508 e. The van der Waals surface area contributed by atoms with E-state index in [0.29, 0.717) is 5.75 Å². The summed E-state index contributed by atoms with van der Waals surface area (Å²) in [6.45, 7) is 0.271. The standard InChI is InChI=1S/C17H11NO3/c19-12-1-2-13-9(5-12)3-11-4-10-6-15-16(21-8-20-15)7-14(10)18-17(11)13/h1-2,4-7,19H,3,8H2. The molecule has 4 nitrogen and oxygen atoms in total. The summed E-state index contributed by atoms with van der Waals surface area (Å²) in [5, 5.41) is 10.7. The van der Waals surface area contributed by atoms with Gasteiger partial charge in [0.1, 0.15) is 5.75 Å². The van der Waals surface area contributed by atoms with Crippen LogP contribution in [0.3, 0.4) is 0 Å². The Morgan fingerprint density at radius 2 is 1.81 bits per heavy atom. The SMILES string of the molecule is Oc1ccc2c(c1)Cc1cc3cc4c(cc3nc1-2)OCO4. The average Bonchev–Trinajstić information content (AvgIpc) is 3.05. The molecule has 1 aliphatic carbocycles. The lowest BCUT2D eigenvalue weighted by Crippen LogP contribution is -1.92. The van der Waals surface area contributed by atoms with Gasteiger partial charge in [-0.2, -0.15) is 0 Å². The quantitative estimate of drug-likeness (QED) is 0.536. The van der Waals surface area contributed by atoms with Crippen molar-refractivity contribution >= 4 is 10.9 Å². The number of benzene rings is 2. The van der Waals surface area contributed by atoms with Crippen molar-refractivity contribution in [2.75, 3.05) is 6.79 Å². The van der Waals surface area contributed by atoms with Crippen molar-refractivity contribution in [3.05, 3.63) is 47.5 Å². The van der Waals surface area contributed by atoms with Crippen molar-refractivity contribution < 1.29 is 14.6 Å². The molecule has 0 saturated heterocycles. The topological polar surface area (TPSA) is 51.6 Å². The van der Waals surface area contributed by atoms with E-state index in [0.717, 1.165) is 45.6 Å². The maximum atomic E-state index is 9.62. The molecule has 2 heterocycles. The van der Waals surface area contributed by atoms with Gasteiger partial charge in [0.25, 0.3) is 0 Å². The number of fused-ring (bicyclic) bond motifs is 5. The molecule has 3 aromatic rings. The maximum Gasteiger partial charge on any atom is 0.231 e. The Morgan fingerprint density at radius 1 is 0.952 bits per heavy atom. The summed E-state index contributed by atoms with van der Waals surface area (Å²) in [4.78, 5) is 4.79. The fourth-order valence-corrected chi connectivity index (χ4v) is 3.14. The van der Waals surface area contributed by atoms with Crippen LogP contribution in [0.4, 0.5) is 0 Å². The number of pyridine rings is 1. The van der Waals surface area contributed by atoms with E-state index in [1.165, 1.54) is 5.56 Å². The van der Waals surface area contributed by atoms with Crippen molar-refractivity contribution in [1.82, 2.24) is 4.98 Å². The Morgan fingerprint density at radius 3 is 2.71 bits per heavy atom. The predicted octanol–water partition coefficient (Wildman–Crippen LogP) is 3.24. The summed E-state index contributed by atoms with van der Waals surface area (Å²) < 4.78 is 10.8. The highest BCUT2D eigenvalue weighted by Gasteiger charge is 2.22. The van der Waals surface area contributed by atoms with Crippen molar-refractivity contribution in [3.8, 4) is 28.5 Å². The van der Waals surface area contributed by atoms with Crippen LogP contribution in [0.1, 0.15) is 11.1 Å². The van der Waals surface area contributed by atoms with Gasteiger partial charge in [0.05, 0.1) is 11.2 Å². The fourth-order valence-electron chi connectivity index (χ4n) is 3.14. The summed E-state index contributed by atoms with van der Waals surface area (Å²) in [7, 11) is 0. The molecular weight excluding hydrogens is 266 g/mol. The van der Waals surface area contributed by atoms with E-state index in [1.807, 2.05) is 24.3 Å². The second-order valence-corrected chi connectivity index (χ2v) is 5.41. The smallest absolute Gasteiger partial charge is 0.231 e. The molecule has 0 bridgehead atoms. The van der Waals surface area contributed by atoms with Gasteiger partial charge < -0.3 is 14.6 Å². The lowest BCUT2D eigenvalue weighted by atomic mass is 10.1. The number of phenolic OH excluding ortho intramolecular Hbond substituents is 1. The molecule has 2 aliphatic rings. The molecule has 0 unspecified atom stereocenters. The van der Waals surface area contributed by atoms with Crippen LogP contribution in [-0.2, 0) is 6.42 Å². The van der Waals surface area contributed by atoms with Crippen molar-refractivity contribution in [1.29, 1.82) is 0 Å². The Kier molecular flexibility index (Phi) is 1.91. The van der Waals surface area contributed by atoms with E-state index in [1.54, 1.807) is 6.07 Å². The van der Waals surface area contributed by atoms with Gasteiger partial charge in [-0.1, -0.05) is 0 Å². The number of ether oxygens (including phenoxy) is 2. The number of aromatic hydroxyl groups is 1. The van der Waals surface area contributed by atoms with Gasteiger partial charge in [0.15, 0.2) is 11.5 Å². The van der Waals surface area contributed by atoms with Crippen LogP contribution in [0.5, 0.6) is 17.2 Å². The first-order chi connectivity index (χ1) is 10.3. The highest BCUT2D eigenvalue weighted by molar-refractivity contribution is 5.88. The van der Waals surface area contributed by atoms with Crippen molar-refractivity contribution in [2.45, 2.75) is 6.42 Å². The van der Waals surface area contributed by atoms with E-state index >= 15 is 0 Å². The number of nitrogens with zero attached hydrogens (tertiary/aromatic N) is 1. The Hall–Kier alpha value is -2.75. The minimum atomic E-state index is 0.271. The zero-order valence-electron chi connectivity index (χ0n) is 11.1. The van der Waals surface area contributed by atoms with Gasteiger partial charge >= 0.3 is 0 Å². The van der Waals surface area contributed by atoms with Crippen LogP contribution in [-0.4, -0.2) is 16.9 Å². The molecule has 1 aliphatic heterocycles. The largest absolute Gasteiger partial charge is 0.508 e. The molecule has 0 radical (unpaired) electrons. The minimum absolute atomic E-state index is 0.271. The van der Waals surface area contributed by atoms with Gasteiger partial charge in [-0.15, -0.1) is 0 Å². The molecule has 1 N–H and O–H groups in total. The monoisotopic (exact) mass is 277 g/mol. The predicted molar refractivity (Wildman–Crippen MR) is 77.8 cm³/mol. The Bertz CT molecular complexity index is 918. The van der Waals surface area contributed by atoms with Crippen LogP contribution >= 0.6 is 0 Å². The molecule has 1 aromatic heterocycles. The van der Waals surface area contributed by atoms with Crippen molar-refractivity contribution in [3.63, 3.8) is 0 Å². The van der Waals surface area contributed by atoms with Crippen molar-refractivity contribution in [2.24, 2.45) is 0 Å². The van der Waals surface area contributed by atoms with Crippen LogP contribution < -0.4 is 9.47 Å². The van der Waals surface area contributed by atoms with E-state index in [4.69, 9.17) is 14.5 Å². The molecule has 0 spiro atoms. The highest BCUT2D eigenvalue weighted by Crippen LogP contribution is 2.41. The summed E-state index contributed by atoms with van der Waals surface area (Å²) in [5.41, 5.74) is 5.30. The van der Waals surface area contributed by atoms with E-state index < -0.39 is 0 Å². The number of hydrogen-bond acceptors (Lipinski definition) is 4. The average molecular weight is 277 g/mol. The summed E-state index contributed by atoms with van der Waals surface area (Å²) >= 11 is 0. The number of rotatable bonds is 0. The van der Waals surface area contributed by atoms with Crippen LogP contribution in [0.15, 0.2) is 36.4 Å². The molecule has 4 heteroatoms. The van der Waals surface area contributed by atoms with Gasteiger partial charge in [-0.25, -0.2) is 4.98 Å². The zero-order chi connectivity index (χ0) is 14.0. The van der Waals surface area contributed by atoms with Gasteiger partial charge in [-0.3, -0.25) is 0 Å². The molecule has 0 saturated carbocycles.